The second kappa shape index (κ2) is 12.1. The van der Waals surface area contributed by atoms with Gasteiger partial charge in [0, 0.05) is 45.8 Å². The summed E-state index contributed by atoms with van der Waals surface area (Å²) in [6, 6.07) is 6.35. The highest BCUT2D eigenvalue weighted by Gasteiger charge is 2.26. The Morgan fingerprint density at radius 2 is 1.68 bits per heavy atom. The average Bonchev–Trinajstić information content (AvgIpc) is 2.68. The number of piperazine rings is 1. The van der Waals surface area contributed by atoms with Crippen LogP contribution in [0.3, 0.4) is 0 Å². The van der Waals surface area contributed by atoms with Crippen LogP contribution in [0.1, 0.15) is 0 Å². The lowest BCUT2D eigenvalue weighted by Crippen LogP contribution is -2.47. The molecule has 0 aromatic heterocycles. The van der Waals surface area contributed by atoms with Crippen molar-refractivity contribution in [2.24, 2.45) is 0 Å². The molecule has 2 N–H and O–H groups in total. The molecule has 28 heavy (non-hydrogen) atoms. The Hall–Kier alpha value is -0.650. The monoisotopic (exact) mass is 457 g/mol. The first-order valence-corrected chi connectivity index (χ1v) is 10.4. The number of rotatable bonds is 7. The lowest BCUT2D eigenvalue weighted by Gasteiger charge is -2.29. The second-order valence-corrected chi connectivity index (χ2v) is 8.44. The summed E-state index contributed by atoms with van der Waals surface area (Å²) in [7, 11) is -3.49. The molecule has 0 saturated carbocycles. The number of aliphatic hydroxyl groups excluding tert-OH is 1. The molecule has 3 rings (SSSR count). The van der Waals surface area contributed by atoms with Crippen molar-refractivity contribution in [3.8, 4) is 5.75 Å². The van der Waals surface area contributed by atoms with E-state index in [1.54, 1.807) is 24.3 Å². The smallest absolute Gasteiger partial charge is 0.243 e. The van der Waals surface area contributed by atoms with E-state index in [0.29, 0.717) is 38.6 Å². The van der Waals surface area contributed by atoms with Crippen LogP contribution in [0.4, 0.5) is 0 Å². The van der Waals surface area contributed by atoms with Crippen LogP contribution in [0.15, 0.2) is 29.2 Å². The molecule has 0 aliphatic carbocycles. The third-order valence-electron chi connectivity index (χ3n) is 4.55. The van der Waals surface area contributed by atoms with Gasteiger partial charge >= 0.3 is 0 Å². The Bertz CT molecular complexity index is 666. The maximum absolute atomic E-state index is 12.6. The predicted octanol–water partition coefficient (Wildman–Crippen LogP) is 0.196. The fourth-order valence-electron chi connectivity index (χ4n) is 3.08. The number of β-amino-alcohol motifs (C(OH)–C–C–N with tert-alkyl or cyclic N) is 1. The Morgan fingerprint density at radius 3 is 2.29 bits per heavy atom. The van der Waals surface area contributed by atoms with Crippen molar-refractivity contribution in [1.82, 2.24) is 14.5 Å². The van der Waals surface area contributed by atoms with Gasteiger partial charge in [0.25, 0.3) is 0 Å². The van der Waals surface area contributed by atoms with Crippen LogP contribution in [-0.4, -0.2) is 94.5 Å². The molecule has 0 radical (unpaired) electrons. The van der Waals surface area contributed by atoms with Crippen molar-refractivity contribution in [3.63, 3.8) is 0 Å². The summed E-state index contributed by atoms with van der Waals surface area (Å²) in [4.78, 5) is 2.44. The SMILES string of the molecule is Cl.Cl.O=S(=O)(c1ccc(OCC(O)CN2CCNCC2)cc1)N1CCOCC1. The van der Waals surface area contributed by atoms with Crippen LogP contribution in [0, 0.1) is 0 Å². The Balaban J connectivity index is 0.00000196. The first-order valence-electron chi connectivity index (χ1n) is 8.97. The highest BCUT2D eigenvalue weighted by atomic mass is 35.5. The van der Waals surface area contributed by atoms with Gasteiger partial charge in [-0.2, -0.15) is 4.31 Å². The molecule has 0 spiro atoms. The molecule has 0 bridgehead atoms. The zero-order chi connectivity index (χ0) is 18.4. The van der Waals surface area contributed by atoms with E-state index in [9.17, 15) is 13.5 Å². The average molecular weight is 458 g/mol. The van der Waals surface area contributed by atoms with Gasteiger partial charge in [-0.15, -0.1) is 24.8 Å². The first-order chi connectivity index (χ1) is 12.6. The first kappa shape index (κ1) is 25.4. The van der Waals surface area contributed by atoms with Gasteiger partial charge in [-0.25, -0.2) is 8.42 Å². The minimum absolute atomic E-state index is 0. The van der Waals surface area contributed by atoms with Gasteiger partial charge in [-0.1, -0.05) is 0 Å². The summed E-state index contributed by atoms with van der Waals surface area (Å²) < 4.78 is 37.4. The van der Waals surface area contributed by atoms with Gasteiger partial charge in [0.15, 0.2) is 0 Å². The number of nitrogens with zero attached hydrogens (tertiary/aromatic N) is 2. The predicted molar refractivity (Wildman–Crippen MR) is 111 cm³/mol. The third kappa shape index (κ3) is 7.00. The van der Waals surface area contributed by atoms with E-state index < -0.39 is 16.1 Å². The molecule has 2 heterocycles. The summed E-state index contributed by atoms with van der Waals surface area (Å²) in [5.41, 5.74) is 0. The minimum Gasteiger partial charge on any atom is -0.491 e. The summed E-state index contributed by atoms with van der Waals surface area (Å²) in [5, 5.41) is 13.4. The normalized spacial score (nSPS) is 19.9. The number of aliphatic hydroxyl groups is 1. The number of ether oxygens (including phenoxy) is 2. The Labute approximate surface area is 179 Å². The number of morpholine rings is 1. The van der Waals surface area contributed by atoms with Crippen LogP contribution in [0.25, 0.3) is 0 Å². The van der Waals surface area contributed by atoms with E-state index in [4.69, 9.17) is 9.47 Å². The van der Waals surface area contributed by atoms with Crippen molar-refractivity contribution in [2.45, 2.75) is 11.0 Å². The molecule has 1 aromatic rings. The summed E-state index contributed by atoms with van der Waals surface area (Å²) >= 11 is 0. The van der Waals surface area contributed by atoms with Gasteiger partial charge in [0.1, 0.15) is 18.5 Å². The van der Waals surface area contributed by atoms with Gasteiger partial charge in [-0.05, 0) is 24.3 Å². The fraction of sp³-hybridized carbons (Fsp3) is 0.647. The van der Waals surface area contributed by atoms with Gasteiger partial charge in [0.2, 0.25) is 10.0 Å². The van der Waals surface area contributed by atoms with Gasteiger partial charge < -0.3 is 19.9 Å². The molecule has 1 atom stereocenters. The fourth-order valence-corrected chi connectivity index (χ4v) is 4.49. The standard InChI is InChI=1S/C17H27N3O5S.2ClH/c21-15(13-19-7-5-18-6-8-19)14-25-16-1-3-17(4-2-16)26(22,23)20-9-11-24-12-10-20;;/h1-4,15,18,21H,5-14H2;2*1H. The molecule has 2 aliphatic rings. The highest BCUT2D eigenvalue weighted by molar-refractivity contribution is 7.89. The second-order valence-electron chi connectivity index (χ2n) is 6.50. The molecule has 2 fully saturated rings. The van der Waals surface area contributed by atoms with Crippen molar-refractivity contribution in [1.29, 1.82) is 0 Å². The third-order valence-corrected chi connectivity index (χ3v) is 6.47. The molecule has 162 valence electrons. The van der Waals surface area contributed by atoms with Crippen molar-refractivity contribution in [2.75, 3.05) is 65.6 Å². The molecule has 0 amide bonds. The molecule has 2 aliphatic heterocycles. The quantitative estimate of drug-likeness (QED) is 0.603. The summed E-state index contributed by atoms with van der Waals surface area (Å²) in [5.74, 6) is 0.547. The van der Waals surface area contributed by atoms with Crippen molar-refractivity contribution >= 4 is 34.8 Å². The molecule has 1 aromatic carbocycles. The van der Waals surface area contributed by atoms with Crippen LogP contribution >= 0.6 is 24.8 Å². The van der Waals surface area contributed by atoms with Crippen LogP contribution in [-0.2, 0) is 14.8 Å². The summed E-state index contributed by atoms with van der Waals surface area (Å²) in [6.45, 7) is 6.06. The topological polar surface area (TPSA) is 91.3 Å². The molecular formula is C17H29Cl2N3O5S. The van der Waals surface area contributed by atoms with E-state index >= 15 is 0 Å². The van der Waals surface area contributed by atoms with Crippen molar-refractivity contribution in [3.05, 3.63) is 24.3 Å². The number of halogens is 2. The molecule has 8 nitrogen and oxygen atoms in total. The van der Waals surface area contributed by atoms with E-state index in [2.05, 4.69) is 10.2 Å². The molecule has 1 unspecified atom stereocenters. The van der Waals surface area contributed by atoms with Crippen molar-refractivity contribution < 1.29 is 23.0 Å². The number of nitrogens with one attached hydrogen (secondary N) is 1. The zero-order valence-corrected chi connectivity index (χ0v) is 18.1. The van der Waals surface area contributed by atoms with E-state index in [1.165, 1.54) is 4.31 Å². The number of benzene rings is 1. The lowest BCUT2D eigenvalue weighted by atomic mass is 10.3. The molecule has 2 saturated heterocycles. The van der Waals surface area contributed by atoms with Gasteiger partial charge in [0.05, 0.1) is 18.1 Å². The molecule has 11 heteroatoms. The van der Waals surface area contributed by atoms with Crippen LogP contribution in [0.2, 0.25) is 0 Å². The number of hydrogen-bond acceptors (Lipinski definition) is 7. The zero-order valence-electron chi connectivity index (χ0n) is 15.7. The number of hydrogen-bond donors (Lipinski definition) is 2. The maximum atomic E-state index is 12.6. The Kier molecular flexibility index (Phi) is 11.0. The lowest BCUT2D eigenvalue weighted by molar-refractivity contribution is 0.0641. The van der Waals surface area contributed by atoms with Crippen LogP contribution in [0.5, 0.6) is 5.75 Å². The largest absolute Gasteiger partial charge is 0.491 e. The van der Waals surface area contributed by atoms with Gasteiger partial charge in [-0.3, -0.25) is 4.90 Å². The minimum atomic E-state index is -3.49. The van der Waals surface area contributed by atoms with E-state index in [1.807, 2.05) is 0 Å². The highest BCUT2D eigenvalue weighted by Crippen LogP contribution is 2.20. The molecular weight excluding hydrogens is 429 g/mol. The van der Waals surface area contributed by atoms with Crippen LogP contribution < -0.4 is 10.1 Å². The maximum Gasteiger partial charge on any atom is 0.243 e. The van der Waals surface area contributed by atoms with E-state index in [0.717, 1.165) is 26.2 Å². The Morgan fingerprint density at radius 1 is 1.07 bits per heavy atom. The number of sulfonamides is 1. The van der Waals surface area contributed by atoms with E-state index in [-0.39, 0.29) is 36.3 Å². The summed E-state index contributed by atoms with van der Waals surface area (Å²) in [6.07, 6.45) is -0.579.